The molecule has 5 aromatic rings. The maximum absolute atomic E-state index is 14.3. The number of para-hydroxylation sites is 1. The highest BCUT2D eigenvalue weighted by Crippen LogP contribution is 2.38. The Hall–Kier alpha value is -5.61. The van der Waals surface area contributed by atoms with Crippen molar-refractivity contribution in [1.82, 2.24) is 4.57 Å². The molecule has 1 aromatic heterocycles. The van der Waals surface area contributed by atoms with Gasteiger partial charge in [-0.15, -0.1) is 0 Å². The number of ether oxygens (including phenoxy) is 4. The van der Waals surface area contributed by atoms with E-state index in [0.29, 0.717) is 68.1 Å². The summed E-state index contributed by atoms with van der Waals surface area (Å²) >= 11 is 1.25. The normalized spacial score (nSPS) is 14.2. The molecule has 48 heavy (non-hydrogen) atoms. The number of benzene rings is 4. The number of fused-ring (bicyclic) bond motifs is 1. The monoisotopic (exact) mass is 661 g/mol. The predicted octanol–water partition coefficient (Wildman–Crippen LogP) is 5.87. The Morgan fingerprint density at radius 2 is 1.65 bits per heavy atom. The SMILES string of the molecule is CCOc1cc(/C=c2\sc3n(c2=O)[C@@H](c2ccc(OC)cc2OC)C(C(=O)Nc2ccccc2)=C(C)N=3)ccc1OCc1ccccc1. The zero-order chi connectivity index (χ0) is 33.6. The number of nitrogens with one attached hydrogen (secondary N) is 1. The van der Waals surface area contributed by atoms with Gasteiger partial charge in [0.15, 0.2) is 16.3 Å². The van der Waals surface area contributed by atoms with Gasteiger partial charge in [0.25, 0.3) is 11.5 Å². The molecule has 10 heteroatoms. The number of aromatic nitrogens is 1. The number of hydrogen-bond donors (Lipinski definition) is 1. The smallest absolute Gasteiger partial charge is 0.271 e. The average Bonchev–Trinajstić information content (AvgIpc) is 3.41. The van der Waals surface area contributed by atoms with Crippen molar-refractivity contribution in [3.8, 4) is 23.0 Å². The quantitative estimate of drug-likeness (QED) is 0.190. The molecule has 0 fully saturated rings. The van der Waals surface area contributed by atoms with E-state index in [1.54, 1.807) is 56.1 Å². The van der Waals surface area contributed by atoms with Crippen LogP contribution in [0.3, 0.4) is 0 Å². The number of allylic oxidation sites excluding steroid dienone is 1. The van der Waals surface area contributed by atoms with E-state index >= 15 is 0 Å². The molecule has 0 bridgehead atoms. The average molecular weight is 662 g/mol. The van der Waals surface area contributed by atoms with Crippen molar-refractivity contribution in [2.75, 3.05) is 26.1 Å². The number of amides is 1. The summed E-state index contributed by atoms with van der Waals surface area (Å²) in [6, 6.07) is 29.2. The predicted molar refractivity (Wildman–Crippen MR) is 187 cm³/mol. The summed E-state index contributed by atoms with van der Waals surface area (Å²) in [7, 11) is 3.12. The van der Waals surface area contributed by atoms with Crippen molar-refractivity contribution in [2.24, 2.45) is 4.99 Å². The molecule has 1 aliphatic rings. The van der Waals surface area contributed by atoms with Crippen molar-refractivity contribution >= 4 is 29.0 Å². The first kappa shape index (κ1) is 32.3. The lowest BCUT2D eigenvalue weighted by Crippen LogP contribution is -2.40. The second-order valence-electron chi connectivity index (χ2n) is 10.9. The van der Waals surface area contributed by atoms with Crippen LogP contribution >= 0.6 is 11.3 Å². The summed E-state index contributed by atoms with van der Waals surface area (Å²) in [6.07, 6.45) is 1.80. The fourth-order valence-corrected chi connectivity index (χ4v) is 6.61. The van der Waals surface area contributed by atoms with Gasteiger partial charge in [0.1, 0.15) is 24.1 Å². The number of carbonyl (C=O) groups excluding carboxylic acids is 1. The van der Waals surface area contributed by atoms with E-state index in [-0.39, 0.29) is 11.5 Å². The molecular weight excluding hydrogens is 627 g/mol. The second-order valence-corrected chi connectivity index (χ2v) is 11.9. The number of nitrogens with zero attached hydrogens (tertiary/aromatic N) is 2. The highest BCUT2D eigenvalue weighted by atomic mass is 32.1. The number of rotatable bonds is 11. The molecule has 9 nitrogen and oxygen atoms in total. The van der Waals surface area contributed by atoms with Gasteiger partial charge >= 0.3 is 0 Å². The Kier molecular flexibility index (Phi) is 9.73. The number of hydrogen-bond acceptors (Lipinski definition) is 8. The number of anilines is 1. The zero-order valence-electron chi connectivity index (χ0n) is 27.1. The number of thiazole rings is 1. The molecule has 0 saturated carbocycles. The molecule has 6 rings (SSSR count). The van der Waals surface area contributed by atoms with Crippen LogP contribution < -0.4 is 39.2 Å². The fraction of sp³-hybridized carbons (Fsp3) is 0.184. The number of methoxy groups -OCH3 is 2. The van der Waals surface area contributed by atoms with E-state index in [0.717, 1.165) is 11.1 Å². The second kappa shape index (κ2) is 14.4. The maximum Gasteiger partial charge on any atom is 0.271 e. The Morgan fingerprint density at radius 1 is 0.896 bits per heavy atom. The zero-order valence-corrected chi connectivity index (χ0v) is 27.9. The largest absolute Gasteiger partial charge is 0.497 e. The van der Waals surface area contributed by atoms with Gasteiger partial charge in [0.05, 0.1) is 36.6 Å². The summed E-state index contributed by atoms with van der Waals surface area (Å²) in [6.45, 7) is 4.53. The number of carbonyl (C=O) groups is 1. The lowest BCUT2D eigenvalue weighted by atomic mass is 9.94. The van der Waals surface area contributed by atoms with E-state index in [1.165, 1.54) is 11.3 Å². The molecule has 0 spiro atoms. The van der Waals surface area contributed by atoms with Crippen molar-refractivity contribution in [2.45, 2.75) is 26.5 Å². The summed E-state index contributed by atoms with van der Waals surface area (Å²) < 4.78 is 25.2. The Labute approximate surface area is 282 Å². The maximum atomic E-state index is 14.3. The van der Waals surface area contributed by atoms with Crippen LogP contribution in [0.4, 0.5) is 5.69 Å². The molecular formula is C38H35N3O6S. The van der Waals surface area contributed by atoms with Gasteiger partial charge in [0, 0.05) is 17.3 Å². The summed E-state index contributed by atoms with van der Waals surface area (Å²) in [5, 5.41) is 2.98. The Balaban J connectivity index is 1.43. The van der Waals surface area contributed by atoms with Crippen LogP contribution in [0.1, 0.15) is 36.6 Å². The molecule has 0 aliphatic carbocycles. The van der Waals surface area contributed by atoms with Gasteiger partial charge in [-0.2, -0.15) is 0 Å². The minimum atomic E-state index is -0.819. The topological polar surface area (TPSA) is 100 Å². The molecule has 1 amide bonds. The van der Waals surface area contributed by atoms with Crippen LogP contribution in [0.15, 0.2) is 118 Å². The fourth-order valence-electron chi connectivity index (χ4n) is 5.56. The molecule has 0 radical (unpaired) electrons. The standard InChI is InChI=1S/C38H35N3O6S/c1-5-46-32-20-26(16-19-30(32)47-23-25-12-8-6-9-13-25)21-33-37(43)41-35(29-18-17-28(44-3)22-31(29)45-4)34(24(2)39-38(41)48-33)36(42)40-27-14-10-7-11-15-27/h6-22,35H,5,23H2,1-4H3,(H,40,42)/b33-21-/t35-/m0/s1. The van der Waals surface area contributed by atoms with Crippen molar-refractivity contribution in [1.29, 1.82) is 0 Å². The van der Waals surface area contributed by atoms with Gasteiger partial charge in [-0.1, -0.05) is 65.9 Å². The minimum Gasteiger partial charge on any atom is -0.497 e. The van der Waals surface area contributed by atoms with Crippen LogP contribution in [0.5, 0.6) is 23.0 Å². The molecule has 0 unspecified atom stereocenters. The minimum absolute atomic E-state index is 0.290. The highest BCUT2D eigenvalue weighted by Gasteiger charge is 2.34. The van der Waals surface area contributed by atoms with E-state index in [2.05, 4.69) is 5.32 Å². The Bertz CT molecular complexity index is 2160. The van der Waals surface area contributed by atoms with Crippen LogP contribution in [0, 0.1) is 0 Å². The summed E-state index contributed by atoms with van der Waals surface area (Å²) in [5.41, 5.74) is 3.59. The van der Waals surface area contributed by atoms with Crippen molar-refractivity contribution < 1.29 is 23.7 Å². The first-order chi connectivity index (χ1) is 23.4. The summed E-state index contributed by atoms with van der Waals surface area (Å²) in [5.74, 6) is 1.87. The first-order valence-electron chi connectivity index (χ1n) is 15.4. The summed E-state index contributed by atoms with van der Waals surface area (Å²) in [4.78, 5) is 33.5. The molecule has 4 aromatic carbocycles. The molecule has 0 saturated heterocycles. The van der Waals surface area contributed by atoms with E-state index < -0.39 is 6.04 Å². The Morgan fingerprint density at radius 3 is 2.35 bits per heavy atom. The van der Waals surface area contributed by atoms with Crippen LogP contribution in [-0.2, 0) is 11.4 Å². The van der Waals surface area contributed by atoms with E-state index in [9.17, 15) is 9.59 Å². The van der Waals surface area contributed by atoms with E-state index in [1.807, 2.05) is 79.7 Å². The third-order valence-electron chi connectivity index (χ3n) is 7.84. The first-order valence-corrected chi connectivity index (χ1v) is 16.3. The molecule has 1 atom stereocenters. The van der Waals surface area contributed by atoms with Crippen molar-refractivity contribution in [3.63, 3.8) is 0 Å². The van der Waals surface area contributed by atoms with E-state index in [4.69, 9.17) is 23.9 Å². The third-order valence-corrected chi connectivity index (χ3v) is 8.82. The van der Waals surface area contributed by atoms with Gasteiger partial charge in [-0.3, -0.25) is 14.2 Å². The van der Waals surface area contributed by atoms with Gasteiger partial charge < -0.3 is 24.3 Å². The van der Waals surface area contributed by atoms with Gasteiger partial charge in [-0.25, -0.2) is 4.99 Å². The van der Waals surface area contributed by atoms with Crippen LogP contribution in [0.25, 0.3) is 6.08 Å². The lowest BCUT2D eigenvalue weighted by Gasteiger charge is -2.26. The molecule has 2 heterocycles. The van der Waals surface area contributed by atoms with Gasteiger partial charge in [-0.05, 0) is 67.4 Å². The molecule has 244 valence electrons. The lowest BCUT2D eigenvalue weighted by molar-refractivity contribution is -0.113. The third kappa shape index (κ3) is 6.74. The van der Waals surface area contributed by atoms with Crippen LogP contribution in [0.2, 0.25) is 0 Å². The molecule has 1 N–H and O–H groups in total. The highest BCUT2D eigenvalue weighted by molar-refractivity contribution is 7.07. The van der Waals surface area contributed by atoms with Gasteiger partial charge in [0.2, 0.25) is 0 Å². The van der Waals surface area contributed by atoms with Crippen molar-refractivity contribution in [3.05, 3.63) is 145 Å². The van der Waals surface area contributed by atoms with Crippen LogP contribution in [-0.4, -0.2) is 31.3 Å². The molecule has 1 aliphatic heterocycles.